The Morgan fingerprint density at radius 2 is 2.09 bits per heavy atom. The van der Waals surface area contributed by atoms with Crippen LogP contribution in [0.2, 0.25) is 0 Å². The lowest BCUT2D eigenvalue weighted by Crippen LogP contribution is -2.05. The third-order valence-electron chi connectivity index (χ3n) is 3.71. The molecule has 112 valence electrons. The molecule has 0 fully saturated rings. The van der Waals surface area contributed by atoms with Gasteiger partial charge in [0.1, 0.15) is 0 Å². The molecule has 4 rings (SSSR count). The summed E-state index contributed by atoms with van der Waals surface area (Å²) >= 11 is 1.71. The Kier molecular flexibility index (Phi) is 3.49. The number of thiophene rings is 1. The van der Waals surface area contributed by atoms with Gasteiger partial charge in [0, 0.05) is 23.4 Å². The molecule has 0 unspecified atom stereocenters. The van der Waals surface area contributed by atoms with Crippen LogP contribution in [-0.2, 0) is 24.3 Å². The van der Waals surface area contributed by atoms with E-state index in [2.05, 4.69) is 16.2 Å². The minimum Gasteiger partial charge on any atom is -0.376 e. The zero-order valence-corrected chi connectivity index (χ0v) is 12.7. The van der Waals surface area contributed by atoms with Gasteiger partial charge in [-0.1, -0.05) is 29.4 Å². The molecular formula is C16H15N3O2S. The summed E-state index contributed by atoms with van der Waals surface area (Å²) in [6.07, 6.45) is 0.960. The molecule has 3 aromatic rings. The zero-order valence-electron chi connectivity index (χ0n) is 11.9. The summed E-state index contributed by atoms with van der Waals surface area (Å²) in [5.41, 5.74) is 8.85. The van der Waals surface area contributed by atoms with E-state index in [1.54, 1.807) is 11.3 Å². The van der Waals surface area contributed by atoms with Crippen LogP contribution in [0.4, 0.5) is 0 Å². The van der Waals surface area contributed by atoms with E-state index < -0.39 is 0 Å². The summed E-state index contributed by atoms with van der Waals surface area (Å²) in [4.78, 5) is 6.87. The summed E-state index contributed by atoms with van der Waals surface area (Å²) in [5, 5.41) is 4.08. The van der Waals surface area contributed by atoms with Gasteiger partial charge in [0.2, 0.25) is 5.82 Å². The van der Waals surface area contributed by atoms with Gasteiger partial charge >= 0.3 is 0 Å². The molecule has 2 aromatic heterocycles. The topological polar surface area (TPSA) is 74.2 Å². The summed E-state index contributed by atoms with van der Waals surface area (Å²) in [6, 6.07) is 9.97. The molecule has 0 spiro atoms. The third-order valence-corrected chi connectivity index (χ3v) is 4.94. The van der Waals surface area contributed by atoms with E-state index in [9.17, 15) is 0 Å². The van der Waals surface area contributed by atoms with Crippen molar-refractivity contribution >= 4 is 11.3 Å². The predicted octanol–water partition coefficient (Wildman–Crippen LogP) is 3.00. The molecule has 5 nitrogen and oxygen atoms in total. The summed E-state index contributed by atoms with van der Waals surface area (Å²) < 4.78 is 10.9. The maximum atomic E-state index is 5.61. The van der Waals surface area contributed by atoms with Crippen LogP contribution in [-0.4, -0.2) is 16.7 Å². The molecule has 0 radical (unpaired) electrons. The van der Waals surface area contributed by atoms with Crippen molar-refractivity contribution in [1.29, 1.82) is 0 Å². The highest BCUT2D eigenvalue weighted by Crippen LogP contribution is 2.34. The van der Waals surface area contributed by atoms with Gasteiger partial charge in [-0.05, 0) is 17.2 Å². The first-order chi connectivity index (χ1) is 10.8. The van der Waals surface area contributed by atoms with Crippen LogP contribution in [0, 0.1) is 0 Å². The van der Waals surface area contributed by atoms with Crippen LogP contribution in [0.5, 0.6) is 0 Å². The van der Waals surface area contributed by atoms with Crippen molar-refractivity contribution in [2.45, 2.75) is 19.6 Å². The van der Waals surface area contributed by atoms with Crippen LogP contribution < -0.4 is 5.73 Å². The number of nitrogens with two attached hydrogens (primary N) is 1. The normalized spacial score (nSPS) is 14.0. The van der Waals surface area contributed by atoms with Crippen LogP contribution >= 0.6 is 11.3 Å². The fourth-order valence-corrected chi connectivity index (χ4v) is 3.55. The zero-order chi connectivity index (χ0) is 14.9. The average molecular weight is 313 g/mol. The molecular weight excluding hydrogens is 298 g/mol. The monoisotopic (exact) mass is 313 g/mol. The minimum absolute atomic E-state index is 0.528. The molecule has 0 bridgehead atoms. The van der Waals surface area contributed by atoms with E-state index >= 15 is 0 Å². The van der Waals surface area contributed by atoms with E-state index in [-0.39, 0.29) is 0 Å². The maximum Gasteiger partial charge on any atom is 0.268 e. The molecule has 6 heteroatoms. The first kappa shape index (κ1) is 13.6. The van der Waals surface area contributed by atoms with Gasteiger partial charge in [0.25, 0.3) is 5.89 Å². The first-order valence-electron chi connectivity index (χ1n) is 7.16. The fraction of sp³-hybridized carbons (Fsp3) is 0.250. The van der Waals surface area contributed by atoms with E-state index in [1.807, 2.05) is 24.3 Å². The lowest BCUT2D eigenvalue weighted by molar-refractivity contribution is 0.112. The highest BCUT2D eigenvalue weighted by atomic mass is 32.1. The molecule has 0 amide bonds. The van der Waals surface area contributed by atoms with Crippen molar-refractivity contribution in [3.63, 3.8) is 0 Å². The second-order valence-electron chi connectivity index (χ2n) is 5.19. The molecule has 1 aliphatic rings. The number of hydrogen-bond acceptors (Lipinski definition) is 6. The number of fused-ring (bicyclic) bond motifs is 1. The summed E-state index contributed by atoms with van der Waals surface area (Å²) in [6.45, 7) is 1.99. The number of rotatable bonds is 3. The molecule has 3 heterocycles. The van der Waals surface area contributed by atoms with Gasteiger partial charge in [-0.15, -0.1) is 11.3 Å². The van der Waals surface area contributed by atoms with Crippen molar-refractivity contribution in [1.82, 2.24) is 10.1 Å². The van der Waals surface area contributed by atoms with Crippen molar-refractivity contribution in [3.8, 4) is 22.2 Å². The Morgan fingerprint density at radius 1 is 1.23 bits per heavy atom. The van der Waals surface area contributed by atoms with Gasteiger partial charge in [-0.25, -0.2) is 0 Å². The number of ether oxygens (including phenoxy) is 1. The van der Waals surface area contributed by atoms with Crippen LogP contribution in [0.1, 0.15) is 16.0 Å². The van der Waals surface area contributed by atoms with E-state index in [0.717, 1.165) is 29.0 Å². The first-order valence-corrected chi connectivity index (χ1v) is 7.98. The summed E-state index contributed by atoms with van der Waals surface area (Å²) in [5.74, 6) is 1.17. The Hall–Kier alpha value is -2.02. The maximum absolute atomic E-state index is 5.61. The van der Waals surface area contributed by atoms with Gasteiger partial charge in [0.15, 0.2) is 0 Å². The lowest BCUT2D eigenvalue weighted by Gasteiger charge is -2.10. The molecule has 0 aliphatic carbocycles. The Morgan fingerprint density at radius 3 is 2.86 bits per heavy atom. The predicted molar refractivity (Wildman–Crippen MR) is 84.3 cm³/mol. The van der Waals surface area contributed by atoms with Crippen molar-refractivity contribution in [3.05, 3.63) is 46.3 Å². The SMILES string of the molecule is NCc1ccc(-c2noc(-c3cc4c(s3)CCOC4)n2)cc1. The minimum atomic E-state index is 0.528. The highest BCUT2D eigenvalue weighted by Gasteiger charge is 2.18. The molecule has 0 atom stereocenters. The Bertz CT molecular complexity index is 769. The number of nitrogens with zero attached hydrogens (tertiary/aromatic N) is 2. The van der Waals surface area contributed by atoms with Gasteiger partial charge < -0.3 is 15.0 Å². The number of aromatic nitrogens is 2. The number of hydrogen-bond donors (Lipinski definition) is 1. The molecule has 0 saturated heterocycles. The van der Waals surface area contributed by atoms with Crippen LogP contribution in [0.25, 0.3) is 22.2 Å². The Balaban J connectivity index is 1.64. The molecule has 0 saturated carbocycles. The molecule has 1 aromatic carbocycles. The lowest BCUT2D eigenvalue weighted by atomic mass is 10.1. The van der Waals surface area contributed by atoms with Crippen molar-refractivity contribution in [2.24, 2.45) is 5.73 Å². The van der Waals surface area contributed by atoms with Crippen molar-refractivity contribution in [2.75, 3.05) is 6.61 Å². The van der Waals surface area contributed by atoms with E-state index in [4.69, 9.17) is 15.0 Å². The van der Waals surface area contributed by atoms with E-state index in [1.165, 1.54) is 10.4 Å². The smallest absolute Gasteiger partial charge is 0.268 e. The van der Waals surface area contributed by atoms with Crippen LogP contribution in [0.3, 0.4) is 0 Å². The largest absolute Gasteiger partial charge is 0.376 e. The van der Waals surface area contributed by atoms with Gasteiger partial charge in [0.05, 0.1) is 18.1 Å². The second kappa shape index (κ2) is 5.64. The van der Waals surface area contributed by atoms with Crippen molar-refractivity contribution < 1.29 is 9.26 Å². The Labute approximate surface area is 131 Å². The quantitative estimate of drug-likeness (QED) is 0.804. The standard InChI is InChI=1S/C16H15N3O2S/c17-8-10-1-3-11(4-2-10)15-18-16(21-19-15)14-7-12-9-20-6-5-13(12)22-14/h1-4,7H,5-6,8-9,17H2. The summed E-state index contributed by atoms with van der Waals surface area (Å²) in [7, 11) is 0. The second-order valence-corrected chi connectivity index (χ2v) is 6.32. The fourth-order valence-electron chi connectivity index (χ4n) is 2.48. The number of benzene rings is 1. The van der Waals surface area contributed by atoms with Gasteiger partial charge in [-0.2, -0.15) is 4.98 Å². The highest BCUT2D eigenvalue weighted by molar-refractivity contribution is 7.15. The average Bonchev–Trinajstić information content (AvgIpc) is 3.21. The third kappa shape index (κ3) is 2.45. The van der Waals surface area contributed by atoms with Gasteiger partial charge in [-0.3, -0.25) is 0 Å². The molecule has 2 N–H and O–H groups in total. The van der Waals surface area contributed by atoms with Crippen LogP contribution in [0.15, 0.2) is 34.9 Å². The molecule has 22 heavy (non-hydrogen) atoms. The van der Waals surface area contributed by atoms with E-state index in [0.29, 0.717) is 24.9 Å². The molecule has 1 aliphatic heterocycles.